The zero-order chi connectivity index (χ0) is 18.3. The molecule has 27 heavy (non-hydrogen) atoms. The zero-order valence-electron chi connectivity index (χ0n) is 15.2. The molecule has 0 unspecified atom stereocenters. The third-order valence-corrected chi connectivity index (χ3v) is 4.55. The van der Waals surface area contributed by atoms with Crippen molar-refractivity contribution in [3.8, 4) is 11.3 Å². The SMILES string of the molecule is C(=C\c1ccccc1)/CCc1ncc(-c2ccccc2)n1Cc1ccco1. The minimum Gasteiger partial charge on any atom is -0.467 e. The quantitative estimate of drug-likeness (QED) is 0.417. The van der Waals surface area contributed by atoms with E-state index in [2.05, 4.69) is 65.3 Å². The van der Waals surface area contributed by atoms with Gasteiger partial charge < -0.3 is 8.98 Å². The lowest BCUT2D eigenvalue weighted by Gasteiger charge is -2.10. The second-order valence-electron chi connectivity index (χ2n) is 6.44. The molecule has 2 aromatic carbocycles. The van der Waals surface area contributed by atoms with Gasteiger partial charge >= 0.3 is 0 Å². The predicted molar refractivity (Wildman–Crippen MR) is 109 cm³/mol. The summed E-state index contributed by atoms with van der Waals surface area (Å²) in [5, 5.41) is 0. The maximum Gasteiger partial charge on any atom is 0.123 e. The predicted octanol–water partition coefficient (Wildman–Crippen LogP) is 5.84. The summed E-state index contributed by atoms with van der Waals surface area (Å²) >= 11 is 0. The van der Waals surface area contributed by atoms with Crippen molar-refractivity contribution in [1.82, 2.24) is 9.55 Å². The van der Waals surface area contributed by atoms with Crippen LogP contribution in [0.5, 0.6) is 0 Å². The molecule has 0 fully saturated rings. The normalized spacial score (nSPS) is 11.3. The molecule has 0 atom stereocenters. The molecule has 0 bridgehead atoms. The first kappa shape index (κ1) is 17.1. The molecule has 0 saturated carbocycles. The average molecular weight is 354 g/mol. The average Bonchev–Trinajstić information content (AvgIpc) is 3.37. The molecule has 0 saturated heterocycles. The van der Waals surface area contributed by atoms with Gasteiger partial charge in [-0.25, -0.2) is 4.98 Å². The molecule has 0 spiro atoms. The van der Waals surface area contributed by atoms with Gasteiger partial charge in [0.2, 0.25) is 0 Å². The maximum absolute atomic E-state index is 5.57. The highest BCUT2D eigenvalue weighted by Crippen LogP contribution is 2.23. The van der Waals surface area contributed by atoms with Gasteiger partial charge in [0.05, 0.1) is 24.7 Å². The molecule has 0 aliphatic rings. The van der Waals surface area contributed by atoms with E-state index >= 15 is 0 Å². The van der Waals surface area contributed by atoms with Gasteiger partial charge in [-0.3, -0.25) is 0 Å². The molecule has 0 N–H and O–H groups in total. The van der Waals surface area contributed by atoms with Crippen molar-refractivity contribution in [2.24, 2.45) is 0 Å². The van der Waals surface area contributed by atoms with Crippen LogP contribution in [0.15, 0.2) is 95.7 Å². The summed E-state index contributed by atoms with van der Waals surface area (Å²) in [6.45, 7) is 0.689. The van der Waals surface area contributed by atoms with Crippen molar-refractivity contribution in [2.75, 3.05) is 0 Å². The number of imidazole rings is 1. The van der Waals surface area contributed by atoms with Gasteiger partial charge in [-0.05, 0) is 29.7 Å². The van der Waals surface area contributed by atoms with E-state index in [4.69, 9.17) is 9.40 Å². The highest BCUT2D eigenvalue weighted by molar-refractivity contribution is 5.59. The number of hydrogen-bond donors (Lipinski definition) is 0. The van der Waals surface area contributed by atoms with E-state index in [9.17, 15) is 0 Å². The van der Waals surface area contributed by atoms with Gasteiger partial charge in [0.1, 0.15) is 11.6 Å². The summed E-state index contributed by atoms with van der Waals surface area (Å²) in [5.41, 5.74) is 3.51. The standard InChI is InChI=1S/C24H22N2O/c1-3-10-20(11-4-1)12-7-8-16-24-25-18-23(21-13-5-2-6-14-21)26(24)19-22-15-9-17-27-22/h1-7,9-15,17-18H,8,16,19H2/b12-7+. The van der Waals surface area contributed by atoms with Crippen LogP contribution in [0.4, 0.5) is 0 Å². The van der Waals surface area contributed by atoms with Crippen LogP contribution >= 0.6 is 0 Å². The number of benzene rings is 2. The highest BCUT2D eigenvalue weighted by Gasteiger charge is 2.12. The van der Waals surface area contributed by atoms with Crippen molar-refractivity contribution in [2.45, 2.75) is 19.4 Å². The summed E-state index contributed by atoms with van der Waals surface area (Å²) in [6, 6.07) is 24.7. The molecule has 4 aromatic rings. The van der Waals surface area contributed by atoms with Crippen LogP contribution in [0.2, 0.25) is 0 Å². The highest BCUT2D eigenvalue weighted by atomic mass is 16.3. The summed E-state index contributed by atoms with van der Waals surface area (Å²) in [4.78, 5) is 4.71. The zero-order valence-corrected chi connectivity index (χ0v) is 15.2. The maximum atomic E-state index is 5.57. The van der Waals surface area contributed by atoms with Crippen LogP contribution in [0.3, 0.4) is 0 Å². The molecular formula is C24H22N2O. The fourth-order valence-corrected chi connectivity index (χ4v) is 3.18. The Hall–Kier alpha value is -3.33. The van der Waals surface area contributed by atoms with Crippen LogP contribution in [0.25, 0.3) is 17.3 Å². The van der Waals surface area contributed by atoms with Crippen molar-refractivity contribution in [3.63, 3.8) is 0 Å². The smallest absolute Gasteiger partial charge is 0.123 e. The van der Waals surface area contributed by atoms with E-state index in [-0.39, 0.29) is 0 Å². The lowest BCUT2D eigenvalue weighted by atomic mass is 10.1. The Morgan fingerprint density at radius 3 is 2.41 bits per heavy atom. The van der Waals surface area contributed by atoms with Gasteiger partial charge in [-0.1, -0.05) is 72.8 Å². The third kappa shape index (κ3) is 4.26. The first-order valence-electron chi connectivity index (χ1n) is 9.24. The number of allylic oxidation sites excluding steroid dienone is 1. The number of aryl methyl sites for hydroxylation is 1. The second kappa shape index (κ2) is 8.37. The topological polar surface area (TPSA) is 31.0 Å². The Kier molecular flexibility index (Phi) is 5.30. The van der Waals surface area contributed by atoms with Gasteiger partial charge in [-0.2, -0.15) is 0 Å². The molecule has 3 heteroatoms. The minimum atomic E-state index is 0.689. The molecule has 2 aromatic heterocycles. The third-order valence-electron chi connectivity index (χ3n) is 4.55. The van der Waals surface area contributed by atoms with Gasteiger partial charge in [0.15, 0.2) is 0 Å². The Bertz CT molecular complexity index is 984. The monoisotopic (exact) mass is 354 g/mol. The molecule has 0 amide bonds. The first-order chi connectivity index (χ1) is 13.4. The summed E-state index contributed by atoms with van der Waals surface area (Å²) < 4.78 is 7.83. The van der Waals surface area contributed by atoms with Crippen LogP contribution in [0, 0.1) is 0 Å². The van der Waals surface area contributed by atoms with E-state index in [1.165, 1.54) is 11.1 Å². The summed E-state index contributed by atoms with van der Waals surface area (Å²) in [5.74, 6) is 2.01. The van der Waals surface area contributed by atoms with Crippen molar-refractivity contribution < 1.29 is 4.42 Å². The van der Waals surface area contributed by atoms with Gasteiger partial charge in [0.25, 0.3) is 0 Å². The summed E-state index contributed by atoms with van der Waals surface area (Å²) in [7, 11) is 0. The number of rotatable bonds is 7. The lowest BCUT2D eigenvalue weighted by molar-refractivity contribution is 0.489. The van der Waals surface area contributed by atoms with E-state index in [1.54, 1.807) is 6.26 Å². The lowest BCUT2D eigenvalue weighted by Crippen LogP contribution is -2.06. The minimum absolute atomic E-state index is 0.689. The molecule has 4 rings (SSSR count). The van der Waals surface area contributed by atoms with Gasteiger partial charge in [-0.15, -0.1) is 0 Å². The van der Waals surface area contributed by atoms with Crippen molar-refractivity contribution >= 4 is 6.08 Å². The molecule has 0 aliphatic carbocycles. The van der Waals surface area contributed by atoms with Crippen LogP contribution in [-0.2, 0) is 13.0 Å². The van der Waals surface area contributed by atoms with E-state index in [1.807, 2.05) is 30.5 Å². The van der Waals surface area contributed by atoms with E-state index in [0.717, 1.165) is 30.1 Å². The van der Waals surface area contributed by atoms with Crippen molar-refractivity contribution in [1.29, 1.82) is 0 Å². The first-order valence-corrected chi connectivity index (χ1v) is 9.24. The molecule has 2 heterocycles. The largest absolute Gasteiger partial charge is 0.467 e. The van der Waals surface area contributed by atoms with E-state index < -0.39 is 0 Å². The van der Waals surface area contributed by atoms with E-state index in [0.29, 0.717) is 6.54 Å². The Morgan fingerprint density at radius 1 is 0.889 bits per heavy atom. The van der Waals surface area contributed by atoms with Crippen LogP contribution < -0.4 is 0 Å². The Labute approximate surface area is 159 Å². The van der Waals surface area contributed by atoms with Crippen LogP contribution in [0.1, 0.15) is 23.6 Å². The Balaban J connectivity index is 1.54. The Morgan fingerprint density at radius 2 is 1.67 bits per heavy atom. The van der Waals surface area contributed by atoms with Crippen molar-refractivity contribution in [3.05, 3.63) is 108 Å². The molecule has 0 aliphatic heterocycles. The number of aromatic nitrogens is 2. The second-order valence-corrected chi connectivity index (χ2v) is 6.44. The summed E-state index contributed by atoms with van der Waals surface area (Å²) in [6.07, 6.45) is 9.89. The van der Waals surface area contributed by atoms with Crippen LogP contribution in [-0.4, -0.2) is 9.55 Å². The fraction of sp³-hybridized carbons (Fsp3) is 0.125. The molecule has 0 radical (unpaired) electrons. The molecule has 134 valence electrons. The number of hydrogen-bond acceptors (Lipinski definition) is 2. The number of nitrogens with zero attached hydrogens (tertiary/aromatic N) is 2. The number of furan rings is 1. The van der Waals surface area contributed by atoms with Gasteiger partial charge in [0, 0.05) is 6.42 Å². The molecule has 3 nitrogen and oxygen atoms in total. The fourth-order valence-electron chi connectivity index (χ4n) is 3.18. The molecular weight excluding hydrogens is 332 g/mol.